The van der Waals surface area contributed by atoms with Crippen LogP contribution in [0.15, 0.2) is 46.9 Å². The second-order valence-electron chi connectivity index (χ2n) is 6.63. The third-order valence-corrected chi connectivity index (χ3v) is 5.16. The largest absolute Gasteiger partial charge is 0.483 e. The molecule has 0 heterocycles. The average Bonchev–Trinajstić information content (AvgIpc) is 2.71. The highest BCUT2D eigenvalue weighted by molar-refractivity contribution is 9.10. The smallest absolute Gasteiger partial charge is 0.261 e. The van der Waals surface area contributed by atoms with Crippen molar-refractivity contribution in [3.63, 3.8) is 0 Å². The lowest BCUT2D eigenvalue weighted by Crippen LogP contribution is -2.49. The molecule has 0 aliphatic heterocycles. The number of halogens is 2. The Bertz CT molecular complexity index is 842. The van der Waals surface area contributed by atoms with Crippen LogP contribution in [0.4, 0.5) is 4.39 Å². The average molecular weight is 465 g/mol. The fourth-order valence-electron chi connectivity index (χ4n) is 2.79. The van der Waals surface area contributed by atoms with E-state index in [1.165, 1.54) is 17.0 Å². The molecule has 2 aromatic rings. The molecule has 1 atom stereocenters. The Morgan fingerprint density at radius 2 is 1.79 bits per heavy atom. The summed E-state index contributed by atoms with van der Waals surface area (Å²) in [5, 5.41) is 2.73. The number of hydrogen-bond donors (Lipinski definition) is 1. The Labute approximate surface area is 179 Å². The fourth-order valence-corrected chi connectivity index (χ4v) is 3.34. The number of ether oxygens (including phenoxy) is 1. The third kappa shape index (κ3) is 6.56. The number of carbonyl (C=O) groups excluding carboxylic acids is 2. The number of likely N-dealkylation sites (N-methyl/N-ethyl adjacent to an activating group) is 1. The molecule has 0 aromatic heterocycles. The second-order valence-corrected chi connectivity index (χ2v) is 7.48. The summed E-state index contributed by atoms with van der Waals surface area (Å²) in [5.74, 6) is -0.383. The van der Waals surface area contributed by atoms with Crippen molar-refractivity contribution in [2.45, 2.75) is 39.8 Å². The summed E-state index contributed by atoms with van der Waals surface area (Å²) in [7, 11) is 0. The zero-order valence-electron chi connectivity index (χ0n) is 16.9. The first-order valence-electron chi connectivity index (χ1n) is 9.58. The van der Waals surface area contributed by atoms with E-state index in [0.717, 1.165) is 22.0 Å². The second kappa shape index (κ2) is 11.0. The number of benzene rings is 2. The highest BCUT2D eigenvalue weighted by Crippen LogP contribution is 2.26. The van der Waals surface area contributed by atoms with Gasteiger partial charge in [0.25, 0.3) is 5.91 Å². The molecular formula is C22H26BrFN2O3. The normalized spacial score (nSPS) is 11.6. The Balaban J connectivity index is 2.14. The predicted molar refractivity (Wildman–Crippen MR) is 114 cm³/mol. The number of rotatable bonds is 9. The Hall–Kier alpha value is -2.41. The maximum Gasteiger partial charge on any atom is 0.261 e. The van der Waals surface area contributed by atoms with Gasteiger partial charge in [0.05, 0.1) is 4.47 Å². The van der Waals surface area contributed by atoms with Crippen molar-refractivity contribution in [1.82, 2.24) is 10.2 Å². The van der Waals surface area contributed by atoms with Gasteiger partial charge in [0.15, 0.2) is 6.61 Å². The molecule has 0 unspecified atom stereocenters. The van der Waals surface area contributed by atoms with E-state index in [9.17, 15) is 14.0 Å². The van der Waals surface area contributed by atoms with Crippen molar-refractivity contribution < 1.29 is 18.7 Å². The molecule has 0 aliphatic rings. The van der Waals surface area contributed by atoms with Crippen molar-refractivity contribution in [3.05, 3.63) is 63.9 Å². The number of nitrogens with zero attached hydrogens (tertiary/aromatic N) is 1. The molecule has 29 heavy (non-hydrogen) atoms. The number of amides is 2. The Morgan fingerprint density at radius 3 is 2.38 bits per heavy atom. The van der Waals surface area contributed by atoms with E-state index in [4.69, 9.17) is 4.74 Å². The lowest BCUT2D eigenvalue weighted by molar-refractivity contribution is -0.142. The summed E-state index contributed by atoms with van der Waals surface area (Å²) >= 11 is 3.46. The van der Waals surface area contributed by atoms with Gasteiger partial charge in [-0.05, 0) is 71.6 Å². The van der Waals surface area contributed by atoms with Gasteiger partial charge in [-0.1, -0.05) is 25.1 Å². The fraction of sp³-hybridized carbons (Fsp3) is 0.364. The highest BCUT2D eigenvalue weighted by atomic mass is 79.9. The topological polar surface area (TPSA) is 58.6 Å². The van der Waals surface area contributed by atoms with E-state index < -0.39 is 6.04 Å². The van der Waals surface area contributed by atoms with E-state index in [-0.39, 0.29) is 30.8 Å². The van der Waals surface area contributed by atoms with Gasteiger partial charge >= 0.3 is 0 Å². The van der Waals surface area contributed by atoms with Crippen molar-refractivity contribution in [1.29, 1.82) is 0 Å². The molecule has 0 saturated carbocycles. The SMILES string of the molecule is CCNC(=O)[C@@H](C)N(Cc1ccc(F)cc1)C(=O)COc1ccc(CC)cc1Br. The summed E-state index contributed by atoms with van der Waals surface area (Å²) in [4.78, 5) is 26.7. The molecular weight excluding hydrogens is 439 g/mol. The molecule has 7 heteroatoms. The van der Waals surface area contributed by atoms with E-state index in [0.29, 0.717) is 12.3 Å². The van der Waals surface area contributed by atoms with Crippen LogP contribution in [0.1, 0.15) is 31.9 Å². The number of hydrogen-bond acceptors (Lipinski definition) is 3. The van der Waals surface area contributed by atoms with E-state index in [1.54, 1.807) is 19.1 Å². The molecule has 0 radical (unpaired) electrons. The first kappa shape index (κ1) is 22.9. The van der Waals surface area contributed by atoms with Crippen LogP contribution in [0.2, 0.25) is 0 Å². The van der Waals surface area contributed by atoms with Crippen LogP contribution in [0, 0.1) is 5.82 Å². The quantitative estimate of drug-likeness (QED) is 0.607. The third-order valence-electron chi connectivity index (χ3n) is 4.54. The number of aryl methyl sites for hydroxylation is 1. The van der Waals surface area contributed by atoms with Crippen LogP contribution in [-0.2, 0) is 22.6 Å². The van der Waals surface area contributed by atoms with Gasteiger partial charge in [-0.3, -0.25) is 9.59 Å². The van der Waals surface area contributed by atoms with Crippen molar-refractivity contribution >= 4 is 27.7 Å². The molecule has 0 saturated heterocycles. The molecule has 156 valence electrons. The number of carbonyl (C=O) groups is 2. The molecule has 5 nitrogen and oxygen atoms in total. The highest BCUT2D eigenvalue weighted by Gasteiger charge is 2.26. The molecule has 0 spiro atoms. The summed E-state index contributed by atoms with van der Waals surface area (Å²) < 4.78 is 19.7. The van der Waals surface area contributed by atoms with E-state index >= 15 is 0 Å². The molecule has 0 bridgehead atoms. The van der Waals surface area contributed by atoms with Gasteiger partial charge in [-0.25, -0.2) is 4.39 Å². The number of nitrogens with one attached hydrogen (secondary N) is 1. The summed E-state index contributed by atoms with van der Waals surface area (Å²) in [6.07, 6.45) is 0.896. The van der Waals surface area contributed by atoms with Gasteiger partial charge in [0.2, 0.25) is 5.91 Å². The Kier molecular flexibility index (Phi) is 8.64. The lowest BCUT2D eigenvalue weighted by Gasteiger charge is -2.28. The van der Waals surface area contributed by atoms with Crippen LogP contribution in [0.25, 0.3) is 0 Å². The van der Waals surface area contributed by atoms with E-state index in [1.807, 2.05) is 25.1 Å². The van der Waals surface area contributed by atoms with Crippen molar-refractivity contribution in [3.8, 4) is 5.75 Å². The monoisotopic (exact) mass is 464 g/mol. The first-order chi connectivity index (χ1) is 13.8. The minimum atomic E-state index is -0.693. The molecule has 1 N–H and O–H groups in total. The maximum atomic E-state index is 13.2. The first-order valence-corrected chi connectivity index (χ1v) is 10.4. The molecule has 0 fully saturated rings. The van der Waals surface area contributed by atoms with Gasteiger partial charge < -0.3 is 15.0 Å². The standard InChI is InChI=1S/C22H26BrFN2O3/c1-4-16-8-11-20(19(23)12-16)29-14-21(27)26(15(3)22(28)25-5-2)13-17-6-9-18(24)10-7-17/h6-12,15H,4-5,13-14H2,1-3H3,(H,25,28)/t15-/m1/s1. The van der Waals surface area contributed by atoms with Gasteiger partial charge in [0, 0.05) is 13.1 Å². The van der Waals surface area contributed by atoms with Crippen LogP contribution in [0.3, 0.4) is 0 Å². The van der Waals surface area contributed by atoms with Gasteiger partial charge in [-0.2, -0.15) is 0 Å². The van der Waals surface area contributed by atoms with E-state index in [2.05, 4.69) is 28.2 Å². The van der Waals surface area contributed by atoms with Gasteiger partial charge in [0.1, 0.15) is 17.6 Å². The van der Waals surface area contributed by atoms with Crippen molar-refractivity contribution in [2.75, 3.05) is 13.2 Å². The van der Waals surface area contributed by atoms with Gasteiger partial charge in [-0.15, -0.1) is 0 Å². The minimum Gasteiger partial charge on any atom is -0.483 e. The predicted octanol–water partition coefficient (Wildman–Crippen LogP) is 4.08. The summed E-state index contributed by atoms with van der Waals surface area (Å²) in [5.41, 5.74) is 1.88. The molecule has 2 amide bonds. The van der Waals surface area contributed by atoms with Crippen LogP contribution in [0.5, 0.6) is 5.75 Å². The zero-order valence-corrected chi connectivity index (χ0v) is 18.5. The minimum absolute atomic E-state index is 0.177. The van der Waals surface area contributed by atoms with Crippen LogP contribution < -0.4 is 10.1 Å². The lowest BCUT2D eigenvalue weighted by atomic mass is 10.1. The summed E-state index contributed by atoms with van der Waals surface area (Å²) in [6.45, 7) is 5.97. The molecule has 2 aromatic carbocycles. The molecule has 2 rings (SSSR count). The molecule has 0 aliphatic carbocycles. The summed E-state index contributed by atoms with van der Waals surface area (Å²) in [6, 6.07) is 10.9. The maximum absolute atomic E-state index is 13.2. The van der Waals surface area contributed by atoms with Crippen molar-refractivity contribution in [2.24, 2.45) is 0 Å². The Morgan fingerprint density at radius 1 is 1.14 bits per heavy atom. The zero-order chi connectivity index (χ0) is 21.4. The van der Waals surface area contributed by atoms with Crippen LogP contribution in [-0.4, -0.2) is 35.9 Å². The van der Waals surface area contributed by atoms with Crippen LogP contribution >= 0.6 is 15.9 Å².